The van der Waals surface area contributed by atoms with Crippen molar-refractivity contribution in [1.82, 2.24) is 5.32 Å². The molecule has 10 heteroatoms. The fraction of sp³-hybridized carbons (Fsp3) is 0.821. The van der Waals surface area contributed by atoms with Gasteiger partial charge in [0.15, 0.2) is 0 Å². The zero-order valence-electron chi connectivity index (χ0n) is 43.9. The standard InChI is InChI=1S/C56H105N2O7P/c1-7-10-13-16-19-22-25-28-29-31-33-36-39-42-45-48-55(59)57-53(52-64-66(61,62)63-51-50-58(4,5)6)54(47-44-41-38-35-32-27-24-21-18-15-12-9-3)65-56(60)49-46-43-40-37-34-30-26-23-20-17-14-11-8-2/h19,22,25,28,30,34,44,47,53-54H,7-18,20-21,23-24,26-27,29,31-33,35-43,45-46,48-52H2,1-6H3,(H-,57,59,61,62)/p+1/b22-19+,28-25+,34-30-,47-44+. The topological polar surface area (TPSA) is 111 Å². The molecule has 0 radical (unpaired) electrons. The lowest BCUT2D eigenvalue weighted by atomic mass is 10.0. The number of esters is 1. The number of allylic oxidation sites excluding steroid dienone is 7. The highest BCUT2D eigenvalue weighted by Crippen LogP contribution is 2.43. The number of carbonyl (C=O) groups excluding carboxylic acids is 2. The van der Waals surface area contributed by atoms with Crippen LogP contribution in [0.2, 0.25) is 0 Å². The molecule has 0 aromatic rings. The van der Waals surface area contributed by atoms with E-state index < -0.39 is 20.0 Å². The maximum Gasteiger partial charge on any atom is 0.472 e. The molecule has 0 aromatic carbocycles. The lowest BCUT2D eigenvalue weighted by molar-refractivity contribution is -0.870. The van der Waals surface area contributed by atoms with Gasteiger partial charge in [0.25, 0.3) is 0 Å². The molecule has 0 aromatic heterocycles. The lowest BCUT2D eigenvalue weighted by Crippen LogP contribution is -2.47. The van der Waals surface area contributed by atoms with Crippen LogP contribution in [0.1, 0.15) is 245 Å². The summed E-state index contributed by atoms with van der Waals surface area (Å²) in [5, 5.41) is 3.03. The molecule has 0 saturated heterocycles. The van der Waals surface area contributed by atoms with Gasteiger partial charge in [0.05, 0.1) is 33.8 Å². The summed E-state index contributed by atoms with van der Waals surface area (Å²) in [5.41, 5.74) is 0. The zero-order chi connectivity index (χ0) is 48.7. The molecule has 0 saturated carbocycles. The van der Waals surface area contributed by atoms with Gasteiger partial charge in [-0.05, 0) is 83.1 Å². The summed E-state index contributed by atoms with van der Waals surface area (Å²) in [4.78, 5) is 37.5. The van der Waals surface area contributed by atoms with E-state index in [2.05, 4.69) is 62.5 Å². The first kappa shape index (κ1) is 64.0. The van der Waals surface area contributed by atoms with E-state index in [9.17, 15) is 19.0 Å². The number of quaternary nitrogens is 1. The quantitative estimate of drug-likeness (QED) is 0.0156. The average molecular weight is 950 g/mol. The minimum Gasteiger partial charge on any atom is -0.456 e. The molecule has 9 nitrogen and oxygen atoms in total. The van der Waals surface area contributed by atoms with Crippen molar-refractivity contribution < 1.29 is 37.3 Å². The number of phosphoric ester groups is 1. The summed E-state index contributed by atoms with van der Waals surface area (Å²) in [6.45, 7) is 6.95. The van der Waals surface area contributed by atoms with Crippen LogP contribution in [0.5, 0.6) is 0 Å². The molecule has 0 spiro atoms. The Balaban J connectivity index is 5.44. The van der Waals surface area contributed by atoms with Crippen LogP contribution in [-0.4, -0.2) is 74.3 Å². The number of hydrogen-bond donors (Lipinski definition) is 2. The third-order valence-corrected chi connectivity index (χ3v) is 13.0. The Bertz CT molecular complexity index is 1280. The molecule has 1 amide bonds. The van der Waals surface area contributed by atoms with Gasteiger partial charge in [-0.3, -0.25) is 18.6 Å². The molecule has 0 fully saturated rings. The first-order valence-electron chi connectivity index (χ1n) is 27.5. The summed E-state index contributed by atoms with van der Waals surface area (Å²) >= 11 is 0. The predicted octanol–water partition coefficient (Wildman–Crippen LogP) is 16.2. The number of rotatable bonds is 49. The Morgan fingerprint density at radius 1 is 0.530 bits per heavy atom. The van der Waals surface area contributed by atoms with E-state index in [-0.39, 0.29) is 31.5 Å². The van der Waals surface area contributed by atoms with Crippen LogP contribution in [0, 0.1) is 0 Å². The van der Waals surface area contributed by atoms with Crippen molar-refractivity contribution in [2.45, 2.75) is 258 Å². The minimum absolute atomic E-state index is 0.0353. The van der Waals surface area contributed by atoms with E-state index in [0.717, 1.165) is 83.5 Å². The highest BCUT2D eigenvalue weighted by Gasteiger charge is 2.30. The number of unbranched alkanes of at least 4 members (excludes halogenated alkanes) is 28. The van der Waals surface area contributed by atoms with E-state index in [4.69, 9.17) is 13.8 Å². The molecular formula is C56H106N2O7P+. The van der Waals surface area contributed by atoms with Crippen LogP contribution >= 0.6 is 7.82 Å². The van der Waals surface area contributed by atoms with Gasteiger partial charge in [0.1, 0.15) is 19.3 Å². The smallest absolute Gasteiger partial charge is 0.456 e. The van der Waals surface area contributed by atoms with Crippen molar-refractivity contribution in [1.29, 1.82) is 0 Å². The third-order valence-electron chi connectivity index (χ3n) is 12.0. The number of nitrogens with one attached hydrogen (secondary N) is 1. The van der Waals surface area contributed by atoms with Crippen molar-refractivity contribution in [3.05, 3.63) is 48.6 Å². The second kappa shape index (κ2) is 46.7. The molecule has 0 aliphatic heterocycles. The molecule has 0 aliphatic carbocycles. The Kier molecular flexibility index (Phi) is 45.3. The van der Waals surface area contributed by atoms with E-state index >= 15 is 0 Å². The Hall–Kier alpha value is -2.03. The Morgan fingerprint density at radius 2 is 0.924 bits per heavy atom. The second-order valence-corrected chi connectivity index (χ2v) is 21.2. The van der Waals surface area contributed by atoms with Crippen LogP contribution in [-0.2, 0) is 27.9 Å². The van der Waals surface area contributed by atoms with Crippen molar-refractivity contribution in [3.63, 3.8) is 0 Å². The molecule has 66 heavy (non-hydrogen) atoms. The second-order valence-electron chi connectivity index (χ2n) is 19.8. The van der Waals surface area contributed by atoms with Crippen LogP contribution in [0.25, 0.3) is 0 Å². The van der Waals surface area contributed by atoms with Crippen molar-refractivity contribution in [3.8, 4) is 0 Å². The minimum atomic E-state index is -4.44. The third kappa shape index (κ3) is 47.1. The number of hydrogen-bond acceptors (Lipinski definition) is 6. The number of phosphoric acid groups is 1. The maximum absolute atomic E-state index is 13.5. The van der Waals surface area contributed by atoms with Gasteiger partial charge in [-0.25, -0.2) is 4.57 Å². The predicted molar refractivity (Wildman–Crippen MR) is 282 cm³/mol. The maximum atomic E-state index is 13.5. The summed E-state index contributed by atoms with van der Waals surface area (Å²) in [5.74, 6) is -0.536. The Morgan fingerprint density at radius 3 is 1.42 bits per heavy atom. The molecule has 0 heterocycles. The van der Waals surface area contributed by atoms with Gasteiger partial charge >= 0.3 is 13.8 Å². The fourth-order valence-electron chi connectivity index (χ4n) is 7.69. The normalized spacial score (nSPS) is 14.2. The van der Waals surface area contributed by atoms with Gasteiger partial charge in [-0.1, -0.05) is 198 Å². The molecule has 0 rings (SSSR count). The number of likely N-dealkylation sites (N-methyl/N-ethyl adjacent to an activating group) is 1. The highest BCUT2D eigenvalue weighted by atomic mass is 31.2. The fourth-order valence-corrected chi connectivity index (χ4v) is 8.42. The molecule has 0 bridgehead atoms. The molecular weight excluding hydrogens is 844 g/mol. The number of amides is 1. The number of carbonyl (C=O) groups is 2. The summed E-state index contributed by atoms with van der Waals surface area (Å²) in [7, 11) is 1.48. The van der Waals surface area contributed by atoms with E-state index in [0.29, 0.717) is 23.9 Å². The first-order valence-corrected chi connectivity index (χ1v) is 29.0. The summed E-state index contributed by atoms with van der Waals surface area (Å²) in [6.07, 6.45) is 55.3. The van der Waals surface area contributed by atoms with Crippen molar-refractivity contribution in [2.24, 2.45) is 0 Å². The highest BCUT2D eigenvalue weighted by molar-refractivity contribution is 7.47. The van der Waals surface area contributed by atoms with Crippen molar-refractivity contribution in [2.75, 3.05) is 40.9 Å². The van der Waals surface area contributed by atoms with Gasteiger partial charge < -0.3 is 19.4 Å². The SMILES string of the molecule is CCCCC/C=C/C=C/CCCCCCCCC(=O)NC(COP(=O)(O)OCC[N+](C)(C)C)C(/C=C/CCCCCCCCCCCC)OC(=O)CCCCC/C=C\CCCCCCCC. The summed E-state index contributed by atoms with van der Waals surface area (Å²) in [6, 6.07) is -0.857. The van der Waals surface area contributed by atoms with E-state index in [1.54, 1.807) is 0 Å². The zero-order valence-corrected chi connectivity index (χ0v) is 44.8. The monoisotopic (exact) mass is 950 g/mol. The molecule has 386 valence electrons. The molecule has 0 aliphatic rings. The first-order chi connectivity index (χ1) is 31.9. The van der Waals surface area contributed by atoms with Crippen LogP contribution in [0.15, 0.2) is 48.6 Å². The number of nitrogens with zero attached hydrogens (tertiary/aromatic N) is 1. The van der Waals surface area contributed by atoms with Gasteiger partial charge in [0.2, 0.25) is 5.91 Å². The molecule has 3 atom stereocenters. The van der Waals surface area contributed by atoms with Gasteiger partial charge in [-0.15, -0.1) is 0 Å². The summed E-state index contributed by atoms with van der Waals surface area (Å²) < 4.78 is 30.5. The molecule has 2 N–H and O–H groups in total. The molecule has 3 unspecified atom stereocenters. The largest absolute Gasteiger partial charge is 0.472 e. The van der Waals surface area contributed by atoms with E-state index in [1.165, 1.54) is 122 Å². The van der Waals surface area contributed by atoms with Gasteiger partial charge in [0, 0.05) is 12.8 Å². The van der Waals surface area contributed by atoms with Gasteiger partial charge in [-0.2, -0.15) is 0 Å². The Labute approximate surface area is 408 Å². The van der Waals surface area contributed by atoms with Crippen LogP contribution < -0.4 is 5.32 Å². The lowest BCUT2D eigenvalue weighted by Gasteiger charge is -2.27. The van der Waals surface area contributed by atoms with E-state index in [1.807, 2.05) is 33.3 Å². The van der Waals surface area contributed by atoms with Crippen LogP contribution in [0.3, 0.4) is 0 Å². The van der Waals surface area contributed by atoms with Crippen molar-refractivity contribution >= 4 is 19.7 Å². The number of ether oxygens (including phenoxy) is 1. The average Bonchev–Trinajstić information content (AvgIpc) is 3.27. The van der Waals surface area contributed by atoms with Crippen LogP contribution in [0.4, 0.5) is 0 Å².